The number of Topliss-reactive ketones (excluding diaryl/α,β-unsaturated/α-hetero) is 1. The summed E-state index contributed by atoms with van der Waals surface area (Å²) in [6, 6.07) is 24.7. The number of aromatic nitrogens is 2. The molecular weight excluding hydrogens is 450 g/mol. The number of carbonyl (C=O) groups is 2. The van der Waals surface area contributed by atoms with Crippen molar-refractivity contribution in [2.75, 3.05) is 0 Å². The van der Waals surface area contributed by atoms with Crippen LogP contribution in [0.4, 0.5) is 0 Å². The van der Waals surface area contributed by atoms with Crippen LogP contribution < -0.4 is 10.1 Å². The first kappa shape index (κ1) is 23.1. The molecule has 0 fully saturated rings. The number of hydrogen-bond donors (Lipinski definition) is 1. The first-order valence-corrected chi connectivity index (χ1v) is 11.7. The second kappa shape index (κ2) is 9.88. The second-order valence-corrected chi connectivity index (χ2v) is 8.57. The van der Waals surface area contributed by atoms with E-state index in [0.717, 1.165) is 27.7 Å². The molecule has 5 rings (SSSR count). The van der Waals surface area contributed by atoms with E-state index in [0.29, 0.717) is 29.2 Å². The lowest BCUT2D eigenvalue weighted by Crippen LogP contribution is -2.23. The fourth-order valence-electron chi connectivity index (χ4n) is 4.09. The van der Waals surface area contributed by atoms with E-state index in [4.69, 9.17) is 4.74 Å². The SMILES string of the molecule is CC(=O)c1ccn(-c2ccc3c(Oc4cccc(C(=O)NCc5ccccc5)c4C)ccnc3c2)c1.[HH]. The number of benzene rings is 3. The molecule has 0 spiro atoms. The molecule has 0 atom stereocenters. The topological polar surface area (TPSA) is 73.2 Å². The number of nitrogens with zero attached hydrogens (tertiary/aromatic N) is 2. The molecule has 0 aliphatic heterocycles. The molecule has 0 aliphatic rings. The Kier molecular flexibility index (Phi) is 6.33. The normalized spacial score (nSPS) is 10.8. The highest BCUT2D eigenvalue weighted by Gasteiger charge is 2.14. The number of fused-ring (bicyclic) bond motifs is 1. The van der Waals surface area contributed by atoms with Gasteiger partial charge in [-0.2, -0.15) is 0 Å². The van der Waals surface area contributed by atoms with Crippen LogP contribution in [0.15, 0.2) is 97.5 Å². The van der Waals surface area contributed by atoms with Crippen LogP contribution in [-0.4, -0.2) is 21.2 Å². The van der Waals surface area contributed by atoms with Crippen LogP contribution in [0.5, 0.6) is 11.5 Å². The fraction of sp³-hybridized carbons (Fsp3) is 0.100. The van der Waals surface area contributed by atoms with Gasteiger partial charge in [0.05, 0.1) is 5.52 Å². The number of rotatable bonds is 7. The average molecular weight is 478 g/mol. The van der Waals surface area contributed by atoms with Gasteiger partial charge in [0.2, 0.25) is 0 Å². The minimum atomic E-state index is -0.150. The number of nitrogens with one attached hydrogen (secondary N) is 1. The van der Waals surface area contributed by atoms with E-state index in [2.05, 4.69) is 10.3 Å². The summed E-state index contributed by atoms with van der Waals surface area (Å²) >= 11 is 0. The van der Waals surface area contributed by atoms with Crippen molar-refractivity contribution >= 4 is 22.6 Å². The van der Waals surface area contributed by atoms with Crippen LogP contribution in [0.3, 0.4) is 0 Å². The van der Waals surface area contributed by atoms with E-state index in [9.17, 15) is 9.59 Å². The molecule has 2 heterocycles. The summed E-state index contributed by atoms with van der Waals surface area (Å²) in [5.74, 6) is 1.13. The van der Waals surface area contributed by atoms with Gasteiger partial charge in [-0.1, -0.05) is 36.4 Å². The molecule has 0 radical (unpaired) electrons. The monoisotopic (exact) mass is 477 g/mol. The van der Waals surface area contributed by atoms with E-state index < -0.39 is 0 Å². The summed E-state index contributed by atoms with van der Waals surface area (Å²) in [5, 5.41) is 3.83. The minimum absolute atomic E-state index is 0. The Morgan fingerprint density at radius 1 is 0.972 bits per heavy atom. The van der Waals surface area contributed by atoms with Crippen LogP contribution in [0.1, 0.15) is 40.2 Å². The third-order valence-corrected chi connectivity index (χ3v) is 6.13. The van der Waals surface area contributed by atoms with Crippen molar-refractivity contribution in [3.8, 4) is 17.2 Å². The number of carbonyl (C=O) groups excluding carboxylic acids is 2. The maximum atomic E-state index is 12.9. The van der Waals surface area contributed by atoms with E-state index in [1.54, 1.807) is 25.3 Å². The maximum absolute atomic E-state index is 12.9. The highest BCUT2D eigenvalue weighted by molar-refractivity contribution is 5.96. The number of hydrogen-bond acceptors (Lipinski definition) is 4. The van der Waals surface area contributed by atoms with Crippen LogP contribution in [0, 0.1) is 6.92 Å². The van der Waals surface area contributed by atoms with Gasteiger partial charge in [-0.15, -0.1) is 0 Å². The van der Waals surface area contributed by atoms with Crippen molar-refractivity contribution in [2.24, 2.45) is 0 Å². The Labute approximate surface area is 210 Å². The molecule has 2 aromatic heterocycles. The molecule has 0 unspecified atom stereocenters. The van der Waals surface area contributed by atoms with Crippen LogP contribution >= 0.6 is 0 Å². The van der Waals surface area contributed by atoms with Gasteiger partial charge in [0, 0.05) is 54.3 Å². The first-order valence-electron chi connectivity index (χ1n) is 11.7. The Morgan fingerprint density at radius 3 is 2.58 bits per heavy atom. The van der Waals surface area contributed by atoms with Gasteiger partial charge in [0.25, 0.3) is 5.91 Å². The number of amides is 1. The van der Waals surface area contributed by atoms with Crippen molar-refractivity contribution in [1.29, 1.82) is 0 Å². The second-order valence-electron chi connectivity index (χ2n) is 8.57. The van der Waals surface area contributed by atoms with Crippen molar-refractivity contribution in [3.05, 3.63) is 120 Å². The zero-order chi connectivity index (χ0) is 25.1. The molecule has 6 heteroatoms. The lowest BCUT2D eigenvalue weighted by atomic mass is 10.1. The number of ether oxygens (including phenoxy) is 1. The number of pyridine rings is 1. The van der Waals surface area contributed by atoms with Gasteiger partial charge in [-0.3, -0.25) is 14.6 Å². The van der Waals surface area contributed by atoms with Gasteiger partial charge in [-0.25, -0.2) is 0 Å². The van der Waals surface area contributed by atoms with Crippen molar-refractivity contribution < 1.29 is 15.8 Å². The Morgan fingerprint density at radius 2 is 1.81 bits per heavy atom. The molecule has 0 saturated carbocycles. The lowest BCUT2D eigenvalue weighted by Gasteiger charge is -2.14. The Balaban J connectivity index is 0.00000320. The summed E-state index contributed by atoms with van der Waals surface area (Å²) in [7, 11) is 0. The molecule has 0 bridgehead atoms. The molecule has 1 N–H and O–H groups in total. The van der Waals surface area contributed by atoms with Gasteiger partial charge in [-0.05, 0) is 61.9 Å². The Hall–Kier alpha value is -4.71. The molecule has 0 saturated heterocycles. The predicted octanol–water partition coefficient (Wildman–Crippen LogP) is 6.50. The maximum Gasteiger partial charge on any atom is 0.251 e. The smallest absolute Gasteiger partial charge is 0.251 e. The summed E-state index contributed by atoms with van der Waals surface area (Å²) in [4.78, 5) is 29.0. The van der Waals surface area contributed by atoms with Crippen molar-refractivity contribution in [1.82, 2.24) is 14.9 Å². The van der Waals surface area contributed by atoms with Gasteiger partial charge in [0.15, 0.2) is 5.78 Å². The zero-order valence-electron chi connectivity index (χ0n) is 20.1. The van der Waals surface area contributed by atoms with Gasteiger partial charge in [0.1, 0.15) is 11.5 Å². The third kappa shape index (κ3) is 4.74. The van der Waals surface area contributed by atoms with Crippen LogP contribution in [-0.2, 0) is 6.54 Å². The van der Waals surface area contributed by atoms with E-state index in [1.807, 2.05) is 90.6 Å². The third-order valence-electron chi connectivity index (χ3n) is 6.13. The molecule has 6 nitrogen and oxygen atoms in total. The predicted molar refractivity (Wildman–Crippen MR) is 142 cm³/mol. The standard InChI is InChI=1S/C30H25N3O3.H2/c1-20-25(30(35)32-18-22-7-4-3-5-8-22)9-6-10-28(20)36-29-13-15-31-27-17-24(11-12-26(27)29)33-16-14-23(19-33)21(2)34;/h3-17,19H,18H2,1-2H3,(H,32,35);1H. The average Bonchev–Trinajstić information content (AvgIpc) is 3.40. The van der Waals surface area contributed by atoms with E-state index >= 15 is 0 Å². The highest BCUT2D eigenvalue weighted by atomic mass is 16.5. The summed E-state index contributed by atoms with van der Waals surface area (Å²) in [6.07, 6.45) is 5.36. The fourth-order valence-corrected chi connectivity index (χ4v) is 4.09. The zero-order valence-corrected chi connectivity index (χ0v) is 20.1. The van der Waals surface area contributed by atoms with Crippen LogP contribution in [0.25, 0.3) is 16.6 Å². The molecular formula is C30H27N3O3. The van der Waals surface area contributed by atoms with Crippen molar-refractivity contribution in [3.63, 3.8) is 0 Å². The quantitative estimate of drug-likeness (QED) is 0.271. The van der Waals surface area contributed by atoms with Crippen LogP contribution in [0.2, 0.25) is 0 Å². The molecule has 1 amide bonds. The molecule has 0 aliphatic carbocycles. The lowest BCUT2D eigenvalue weighted by molar-refractivity contribution is 0.0949. The summed E-state index contributed by atoms with van der Waals surface area (Å²) < 4.78 is 8.18. The van der Waals surface area contributed by atoms with E-state index in [1.165, 1.54) is 0 Å². The molecule has 5 aromatic rings. The van der Waals surface area contributed by atoms with Crippen molar-refractivity contribution in [2.45, 2.75) is 20.4 Å². The molecule has 36 heavy (non-hydrogen) atoms. The van der Waals surface area contributed by atoms with E-state index in [-0.39, 0.29) is 13.1 Å². The number of ketones is 1. The minimum Gasteiger partial charge on any atom is -0.456 e. The van der Waals surface area contributed by atoms with Gasteiger partial charge < -0.3 is 14.6 Å². The summed E-state index contributed by atoms with van der Waals surface area (Å²) in [6.45, 7) is 3.89. The molecule has 180 valence electrons. The van der Waals surface area contributed by atoms with Gasteiger partial charge >= 0.3 is 0 Å². The first-order chi connectivity index (χ1) is 17.5. The highest BCUT2D eigenvalue weighted by Crippen LogP contribution is 2.32. The Bertz CT molecular complexity index is 1580. The molecule has 3 aromatic carbocycles. The summed E-state index contributed by atoms with van der Waals surface area (Å²) in [5.41, 5.74) is 4.68. The largest absolute Gasteiger partial charge is 0.456 e.